The van der Waals surface area contributed by atoms with Crippen molar-refractivity contribution in [2.24, 2.45) is 5.92 Å². The van der Waals surface area contributed by atoms with E-state index in [9.17, 15) is 19.5 Å². The van der Waals surface area contributed by atoms with Crippen LogP contribution in [0.2, 0.25) is 0 Å². The molecule has 1 unspecified atom stereocenters. The third-order valence-electron chi connectivity index (χ3n) is 6.91. The van der Waals surface area contributed by atoms with Crippen LogP contribution in [0.5, 0.6) is 0 Å². The Bertz CT molecular complexity index is 1110. The molecular weight excluding hydrogens is 460 g/mol. The van der Waals surface area contributed by atoms with E-state index in [4.69, 9.17) is 9.47 Å². The van der Waals surface area contributed by atoms with Gasteiger partial charge in [0.05, 0.1) is 6.10 Å². The SMILES string of the molecule is CC(C)C[C@H](NC(=O)OCC1c2ccccc2-c2ccccc21)C(=O)N1C(C(=O)O)[C@H](C)OC1(C)C. The number of alkyl carbamates (subject to hydrolysis) is 1. The topological polar surface area (TPSA) is 105 Å². The first-order valence-electron chi connectivity index (χ1n) is 12.4. The highest BCUT2D eigenvalue weighted by atomic mass is 16.6. The molecule has 2 amide bonds. The monoisotopic (exact) mass is 494 g/mol. The Labute approximate surface area is 211 Å². The number of carbonyl (C=O) groups is 3. The van der Waals surface area contributed by atoms with Crippen LogP contribution in [0.1, 0.15) is 58.1 Å². The zero-order valence-electron chi connectivity index (χ0n) is 21.4. The number of hydrogen-bond acceptors (Lipinski definition) is 5. The van der Waals surface area contributed by atoms with Crippen molar-refractivity contribution in [3.63, 3.8) is 0 Å². The van der Waals surface area contributed by atoms with Crippen molar-refractivity contribution >= 4 is 18.0 Å². The third kappa shape index (κ3) is 4.82. The zero-order chi connectivity index (χ0) is 26.2. The van der Waals surface area contributed by atoms with Crippen LogP contribution in [-0.2, 0) is 19.1 Å². The Balaban J connectivity index is 1.50. The molecule has 3 atom stereocenters. The minimum atomic E-state index is -1.15. The van der Waals surface area contributed by atoms with E-state index in [1.165, 1.54) is 4.90 Å². The Hall–Kier alpha value is -3.39. The number of rotatable bonds is 7. The lowest BCUT2D eigenvalue weighted by atomic mass is 9.98. The lowest BCUT2D eigenvalue weighted by molar-refractivity contribution is -0.157. The van der Waals surface area contributed by atoms with Crippen molar-refractivity contribution in [1.29, 1.82) is 0 Å². The van der Waals surface area contributed by atoms with E-state index in [1.54, 1.807) is 20.8 Å². The van der Waals surface area contributed by atoms with Gasteiger partial charge in [-0.2, -0.15) is 0 Å². The number of nitrogens with one attached hydrogen (secondary N) is 1. The van der Waals surface area contributed by atoms with E-state index in [-0.39, 0.29) is 18.4 Å². The number of fused-ring (bicyclic) bond motifs is 3. The van der Waals surface area contributed by atoms with E-state index < -0.39 is 41.9 Å². The smallest absolute Gasteiger partial charge is 0.407 e. The number of carboxylic acid groups (broad SMARTS) is 1. The predicted molar refractivity (Wildman–Crippen MR) is 134 cm³/mol. The molecule has 0 spiro atoms. The van der Waals surface area contributed by atoms with E-state index >= 15 is 0 Å². The number of aliphatic carboxylic acids is 1. The summed E-state index contributed by atoms with van der Waals surface area (Å²) in [4.78, 5) is 39.7. The van der Waals surface area contributed by atoms with E-state index in [2.05, 4.69) is 17.4 Å². The van der Waals surface area contributed by atoms with Crippen molar-refractivity contribution in [3.05, 3.63) is 59.7 Å². The van der Waals surface area contributed by atoms with Crippen LogP contribution in [0, 0.1) is 5.92 Å². The number of nitrogens with zero attached hydrogens (tertiary/aromatic N) is 1. The number of hydrogen-bond donors (Lipinski definition) is 2. The third-order valence-corrected chi connectivity index (χ3v) is 6.91. The summed E-state index contributed by atoms with van der Waals surface area (Å²) in [6.07, 6.45) is -1.07. The van der Waals surface area contributed by atoms with Crippen LogP contribution in [-0.4, -0.2) is 58.5 Å². The first-order chi connectivity index (χ1) is 17.0. The molecule has 1 heterocycles. The molecule has 2 aromatic rings. The summed E-state index contributed by atoms with van der Waals surface area (Å²) in [6.45, 7) is 8.93. The van der Waals surface area contributed by atoms with Crippen molar-refractivity contribution in [1.82, 2.24) is 10.2 Å². The molecule has 192 valence electrons. The molecule has 36 heavy (non-hydrogen) atoms. The van der Waals surface area contributed by atoms with Crippen molar-refractivity contribution < 1.29 is 29.0 Å². The van der Waals surface area contributed by atoms with Crippen LogP contribution in [0.25, 0.3) is 11.1 Å². The molecule has 1 saturated heterocycles. The highest BCUT2D eigenvalue weighted by Crippen LogP contribution is 2.44. The molecular formula is C28H34N2O6. The highest BCUT2D eigenvalue weighted by molar-refractivity contribution is 5.90. The molecule has 4 rings (SSSR count). The van der Waals surface area contributed by atoms with Crippen LogP contribution < -0.4 is 5.32 Å². The number of carboxylic acids is 1. The molecule has 1 aliphatic carbocycles. The molecule has 2 aliphatic rings. The number of carbonyl (C=O) groups excluding carboxylic acids is 2. The summed E-state index contributed by atoms with van der Waals surface area (Å²) in [5.41, 5.74) is 3.31. The molecule has 2 aromatic carbocycles. The maximum absolute atomic E-state index is 13.6. The number of ether oxygens (including phenoxy) is 2. The lowest BCUT2D eigenvalue weighted by Crippen LogP contribution is -2.58. The summed E-state index contributed by atoms with van der Waals surface area (Å²) in [5.74, 6) is -1.68. The van der Waals surface area contributed by atoms with Gasteiger partial charge >= 0.3 is 12.1 Å². The van der Waals surface area contributed by atoms with E-state index in [1.807, 2.05) is 50.2 Å². The Morgan fingerprint density at radius 1 is 1.06 bits per heavy atom. The van der Waals surface area contributed by atoms with Gasteiger partial charge < -0.3 is 19.9 Å². The summed E-state index contributed by atoms with van der Waals surface area (Å²) >= 11 is 0. The second-order valence-corrected chi connectivity index (χ2v) is 10.4. The predicted octanol–water partition coefficient (Wildman–Crippen LogP) is 4.38. The van der Waals surface area contributed by atoms with Gasteiger partial charge in [-0.3, -0.25) is 9.69 Å². The fourth-order valence-corrected chi connectivity index (χ4v) is 5.48. The summed E-state index contributed by atoms with van der Waals surface area (Å²) in [7, 11) is 0. The second kappa shape index (κ2) is 9.93. The van der Waals surface area contributed by atoms with Gasteiger partial charge in [0.25, 0.3) is 0 Å². The molecule has 1 fully saturated rings. The summed E-state index contributed by atoms with van der Waals surface area (Å²) in [5, 5.41) is 12.5. The largest absolute Gasteiger partial charge is 0.480 e. The molecule has 1 aliphatic heterocycles. The van der Waals surface area contributed by atoms with Crippen molar-refractivity contribution in [2.45, 2.75) is 70.9 Å². The minimum absolute atomic E-state index is 0.0696. The van der Waals surface area contributed by atoms with Gasteiger partial charge in [-0.05, 0) is 55.4 Å². The number of amides is 2. The van der Waals surface area contributed by atoms with Gasteiger partial charge in [-0.1, -0.05) is 62.4 Å². The molecule has 0 bridgehead atoms. The standard InChI is InChI=1S/C28H34N2O6/c1-16(2)14-23(25(31)30-24(26(32)33)17(3)36-28(30,4)5)29-27(34)35-15-22-20-12-8-6-10-18(20)19-11-7-9-13-21(19)22/h6-13,16-17,22-24H,14-15H2,1-5H3,(H,29,34)(H,32,33)/t17-,23-,24?/m0/s1. The van der Waals surface area contributed by atoms with E-state index in [0.717, 1.165) is 22.3 Å². The first kappa shape index (κ1) is 25.7. The fourth-order valence-electron chi connectivity index (χ4n) is 5.48. The van der Waals surface area contributed by atoms with Gasteiger partial charge in [0.15, 0.2) is 6.04 Å². The zero-order valence-corrected chi connectivity index (χ0v) is 21.4. The molecule has 0 radical (unpaired) electrons. The van der Waals surface area contributed by atoms with Gasteiger partial charge in [0.1, 0.15) is 18.4 Å². The number of benzene rings is 2. The maximum Gasteiger partial charge on any atom is 0.407 e. The van der Waals surface area contributed by atoms with Crippen LogP contribution >= 0.6 is 0 Å². The van der Waals surface area contributed by atoms with Crippen molar-refractivity contribution in [3.8, 4) is 11.1 Å². The van der Waals surface area contributed by atoms with Crippen molar-refractivity contribution in [2.75, 3.05) is 6.61 Å². The van der Waals surface area contributed by atoms with Gasteiger partial charge in [0, 0.05) is 5.92 Å². The Morgan fingerprint density at radius 3 is 2.14 bits per heavy atom. The maximum atomic E-state index is 13.6. The molecule has 0 aromatic heterocycles. The Kier molecular flexibility index (Phi) is 7.09. The van der Waals surface area contributed by atoms with E-state index in [0.29, 0.717) is 6.42 Å². The average Bonchev–Trinajstić information content (AvgIpc) is 3.26. The summed E-state index contributed by atoms with van der Waals surface area (Å²) < 4.78 is 11.4. The summed E-state index contributed by atoms with van der Waals surface area (Å²) in [6, 6.07) is 14.0. The normalized spacial score (nSPS) is 21.1. The molecule has 0 saturated carbocycles. The molecule has 2 N–H and O–H groups in total. The average molecular weight is 495 g/mol. The molecule has 8 nitrogen and oxygen atoms in total. The van der Waals surface area contributed by atoms with Crippen LogP contribution in [0.4, 0.5) is 4.79 Å². The van der Waals surface area contributed by atoms with Gasteiger partial charge in [0.2, 0.25) is 5.91 Å². The van der Waals surface area contributed by atoms with Gasteiger partial charge in [-0.15, -0.1) is 0 Å². The quantitative estimate of drug-likeness (QED) is 0.592. The highest BCUT2D eigenvalue weighted by Gasteiger charge is 2.53. The lowest BCUT2D eigenvalue weighted by Gasteiger charge is -2.35. The minimum Gasteiger partial charge on any atom is -0.480 e. The second-order valence-electron chi connectivity index (χ2n) is 10.4. The first-order valence-corrected chi connectivity index (χ1v) is 12.4. The fraction of sp³-hybridized carbons (Fsp3) is 0.464. The Morgan fingerprint density at radius 2 is 1.61 bits per heavy atom. The van der Waals surface area contributed by atoms with Crippen LogP contribution in [0.15, 0.2) is 48.5 Å². The van der Waals surface area contributed by atoms with Gasteiger partial charge in [-0.25, -0.2) is 9.59 Å². The van der Waals surface area contributed by atoms with Crippen LogP contribution in [0.3, 0.4) is 0 Å². The molecule has 8 heteroatoms.